The average molecular weight is 304 g/mol. The van der Waals surface area contributed by atoms with E-state index in [1.807, 2.05) is 0 Å². The van der Waals surface area contributed by atoms with Crippen LogP contribution < -0.4 is 0 Å². The second-order valence-corrected chi connectivity index (χ2v) is 8.45. The van der Waals surface area contributed by atoms with Gasteiger partial charge in [-0.15, -0.1) is 0 Å². The molecule has 0 aromatic heterocycles. The van der Waals surface area contributed by atoms with Gasteiger partial charge in [0.25, 0.3) is 0 Å². The molecule has 0 aliphatic heterocycles. The molecule has 0 heterocycles. The Kier molecular flexibility index (Phi) is 4.75. The second kappa shape index (κ2) is 6.45. The minimum absolute atomic E-state index is 0.167. The van der Waals surface area contributed by atoms with Crippen molar-refractivity contribution >= 4 is 12.1 Å². The molecule has 8 unspecified atom stereocenters. The third kappa shape index (κ3) is 2.57. The molecule has 5 saturated carbocycles. The maximum atomic E-state index is 9.44. The van der Waals surface area contributed by atoms with Crippen LogP contribution in [0, 0.1) is 47.3 Å². The number of rotatable bonds is 0. The van der Waals surface area contributed by atoms with Gasteiger partial charge < -0.3 is 9.59 Å². The van der Waals surface area contributed by atoms with Gasteiger partial charge in [0.15, 0.2) is 0 Å². The SMILES string of the molecule is C1CC2C(C1)C1CC2C2C3CCC(C3)C12.CC(C)=O.CC=O. The maximum Gasteiger partial charge on any atom is 0.126 e. The van der Waals surface area contributed by atoms with E-state index in [-0.39, 0.29) is 5.78 Å². The number of aldehydes is 1. The molecule has 0 saturated heterocycles. The Morgan fingerprint density at radius 2 is 1.23 bits per heavy atom. The third-order valence-electron chi connectivity index (χ3n) is 7.30. The van der Waals surface area contributed by atoms with Gasteiger partial charge in [0.05, 0.1) is 0 Å². The topological polar surface area (TPSA) is 34.1 Å². The minimum atomic E-state index is 0.167. The molecule has 0 radical (unpaired) electrons. The van der Waals surface area contributed by atoms with Gasteiger partial charge in [-0.25, -0.2) is 0 Å². The van der Waals surface area contributed by atoms with Crippen LogP contribution in [0.1, 0.15) is 65.7 Å². The van der Waals surface area contributed by atoms with Gasteiger partial charge in [0.1, 0.15) is 12.1 Å². The van der Waals surface area contributed by atoms with Gasteiger partial charge >= 0.3 is 0 Å². The number of fused-ring (bicyclic) bond motifs is 12. The first-order chi connectivity index (χ1) is 10.6. The van der Waals surface area contributed by atoms with Gasteiger partial charge in [0, 0.05) is 0 Å². The molecule has 0 amide bonds. The van der Waals surface area contributed by atoms with Gasteiger partial charge in [-0.1, -0.05) is 6.42 Å². The van der Waals surface area contributed by atoms with Gasteiger partial charge in [-0.3, -0.25) is 0 Å². The monoisotopic (exact) mass is 304 g/mol. The second-order valence-electron chi connectivity index (χ2n) is 8.45. The molecule has 0 aromatic carbocycles. The molecule has 0 aromatic rings. The van der Waals surface area contributed by atoms with Crippen LogP contribution in [0.4, 0.5) is 0 Å². The summed E-state index contributed by atoms with van der Waals surface area (Å²) < 4.78 is 0. The van der Waals surface area contributed by atoms with Crippen molar-refractivity contribution in [2.45, 2.75) is 65.7 Å². The van der Waals surface area contributed by atoms with Crippen LogP contribution in [0.5, 0.6) is 0 Å². The molecule has 124 valence electrons. The fraction of sp³-hybridized carbons (Fsp3) is 0.900. The third-order valence-corrected chi connectivity index (χ3v) is 7.30. The Bertz CT molecular complexity index is 397. The Balaban J connectivity index is 0.000000179. The van der Waals surface area contributed by atoms with E-state index in [2.05, 4.69) is 0 Å². The van der Waals surface area contributed by atoms with E-state index in [4.69, 9.17) is 4.79 Å². The highest BCUT2D eigenvalue weighted by atomic mass is 16.1. The molecule has 0 spiro atoms. The first-order valence-electron chi connectivity index (χ1n) is 9.45. The van der Waals surface area contributed by atoms with E-state index in [0.29, 0.717) is 0 Å². The quantitative estimate of drug-likeness (QED) is 0.487. The van der Waals surface area contributed by atoms with Crippen LogP contribution >= 0.6 is 0 Å². The summed E-state index contributed by atoms with van der Waals surface area (Å²) in [6.07, 6.45) is 12.1. The summed E-state index contributed by atoms with van der Waals surface area (Å²) in [5.41, 5.74) is 0. The molecular formula is C20H32O2. The highest BCUT2D eigenvalue weighted by molar-refractivity contribution is 5.72. The Morgan fingerprint density at radius 1 is 0.818 bits per heavy atom. The van der Waals surface area contributed by atoms with Crippen LogP contribution in [0.3, 0.4) is 0 Å². The molecule has 5 fully saturated rings. The van der Waals surface area contributed by atoms with Crippen molar-refractivity contribution in [2.75, 3.05) is 0 Å². The highest BCUT2D eigenvalue weighted by Crippen LogP contribution is 2.72. The minimum Gasteiger partial charge on any atom is -0.304 e. The summed E-state index contributed by atoms with van der Waals surface area (Å²) in [5.74, 6) is 9.95. The van der Waals surface area contributed by atoms with Gasteiger partial charge in [-0.2, -0.15) is 0 Å². The van der Waals surface area contributed by atoms with Crippen molar-refractivity contribution in [3.63, 3.8) is 0 Å². The number of hydrogen-bond acceptors (Lipinski definition) is 2. The molecule has 8 atom stereocenters. The molecule has 5 aliphatic carbocycles. The molecule has 5 rings (SSSR count). The maximum absolute atomic E-state index is 9.44. The predicted molar refractivity (Wildman–Crippen MR) is 88.3 cm³/mol. The van der Waals surface area contributed by atoms with Crippen molar-refractivity contribution in [2.24, 2.45) is 47.3 Å². The van der Waals surface area contributed by atoms with E-state index in [0.717, 1.165) is 6.29 Å². The van der Waals surface area contributed by atoms with E-state index >= 15 is 0 Å². The summed E-state index contributed by atoms with van der Waals surface area (Å²) in [4.78, 5) is 18.2. The molecule has 5 aliphatic rings. The fourth-order valence-electron chi connectivity index (χ4n) is 7.28. The molecule has 0 N–H and O–H groups in total. The van der Waals surface area contributed by atoms with Crippen LogP contribution in [-0.2, 0) is 9.59 Å². The lowest BCUT2D eigenvalue weighted by molar-refractivity contribution is -0.115. The van der Waals surface area contributed by atoms with Crippen LogP contribution in [-0.4, -0.2) is 12.1 Å². The van der Waals surface area contributed by atoms with Crippen molar-refractivity contribution in [3.05, 3.63) is 0 Å². The largest absolute Gasteiger partial charge is 0.304 e. The van der Waals surface area contributed by atoms with Crippen LogP contribution in [0.25, 0.3) is 0 Å². The summed E-state index contributed by atoms with van der Waals surface area (Å²) in [7, 11) is 0. The van der Waals surface area contributed by atoms with E-state index in [1.165, 1.54) is 68.1 Å². The van der Waals surface area contributed by atoms with Crippen molar-refractivity contribution < 1.29 is 9.59 Å². The fourth-order valence-corrected chi connectivity index (χ4v) is 7.28. The summed E-state index contributed by atoms with van der Waals surface area (Å²) >= 11 is 0. The van der Waals surface area contributed by atoms with Crippen molar-refractivity contribution in [1.29, 1.82) is 0 Å². The number of carbonyl (C=O) groups is 2. The van der Waals surface area contributed by atoms with Crippen LogP contribution in [0.15, 0.2) is 0 Å². The Labute approximate surface area is 135 Å². The van der Waals surface area contributed by atoms with Gasteiger partial charge in [0.2, 0.25) is 0 Å². The lowest BCUT2D eigenvalue weighted by atomic mass is 9.64. The predicted octanol–water partition coefficient (Wildman–Crippen LogP) is 4.52. The average Bonchev–Trinajstić information content (AvgIpc) is 3.23. The standard InChI is InChI=1S/C15H22.C3H6O.C2H4O/c1-2-10-11(3-1)13-7-12(10)14-8-4-5-9(6-8)15(13)14;1-3(2)4;1-2-3/h8-15H,1-7H2;1-2H3;2H,1H3. The number of carbonyl (C=O) groups excluding carboxylic acids is 2. The Hall–Kier alpha value is -0.660. The highest BCUT2D eigenvalue weighted by Gasteiger charge is 2.65. The molecule has 22 heavy (non-hydrogen) atoms. The zero-order chi connectivity index (χ0) is 15.9. The lowest BCUT2D eigenvalue weighted by Gasteiger charge is -2.40. The number of hydrogen-bond donors (Lipinski definition) is 0. The normalized spacial score (nSPS) is 48.7. The zero-order valence-corrected chi connectivity index (χ0v) is 14.5. The first-order valence-corrected chi connectivity index (χ1v) is 9.45. The van der Waals surface area contributed by atoms with E-state index < -0.39 is 0 Å². The van der Waals surface area contributed by atoms with E-state index in [1.54, 1.807) is 44.9 Å². The molecule has 4 bridgehead atoms. The Morgan fingerprint density at radius 3 is 1.64 bits per heavy atom. The summed E-state index contributed by atoms with van der Waals surface area (Å²) in [6, 6.07) is 0. The lowest BCUT2D eigenvalue weighted by Crippen LogP contribution is -2.35. The summed E-state index contributed by atoms with van der Waals surface area (Å²) in [6.45, 7) is 4.50. The summed E-state index contributed by atoms with van der Waals surface area (Å²) in [5, 5.41) is 0. The van der Waals surface area contributed by atoms with Crippen molar-refractivity contribution in [3.8, 4) is 0 Å². The van der Waals surface area contributed by atoms with E-state index in [9.17, 15) is 4.79 Å². The van der Waals surface area contributed by atoms with Crippen LogP contribution in [0.2, 0.25) is 0 Å². The molecule has 2 heteroatoms. The van der Waals surface area contributed by atoms with Gasteiger partial charge in [-0.05, 0) is 107 Å². The number of Topliss-reactive ketones (excluding diaryl/α,β-unsaturated/α-hetero) is 1. The molecule has 2 nitrogen and oxygen atoms in total. The number of ketones is 1. The first kappa shape index (κ1) is 16.2. The van der Waals surface area contributed by atoms with Crippen molar-refractivity contribution in [1.82, 2.24) is 0 Å². The zero-order valence-electron chi connectivity index (χ0n) is 14.5. The molecular weight excluding hydrogens is 272 g/mol. The smallest absolute Gasteiger partial charge is 0.126 e.